The van der Waals surface area contributed by atoms with E-state index in [1.165, 1.54) is 0 Å². The molecule has 14 heavy (non-hydrogen) atoms. The van der Waals surface area contributed by atoms with Crippen LogP contribution in [0.4, 0.5) is 0 Å². The molecule has 0 spiro atoms. The lowest BCUT2D eigenvalue weighted by atomic mass is 10.2. The Bertz CT molecular complexity index is 146. The van der Waals surface area contributed by atoms with E-state index in [1.807, 2.05) is 13.8 Å². The zero-order valence-electron chi connectivity index (χ0n) is 9.03. The van der Waals surface area contributed by atoms with E-state index >= 15 is 0 Å². The maximum atomic E-state index is 9.53. The fraction of sp³-hybridized carbons (Fsp3) is 1.00. The number of ether oxygens (including phenoxy) is 2. The zero-order valence-corrected chi connectivity index (χ0v) is 9.03. The van der Waals surface area contributed by atoms with Crippen LogP contribution in [0.25, 0.3) is 0 Å². The van der Waals surface area contributed by atoms with Gasteiger partial charge >= 0.3 is 0 Å². The van der Waals surface area contributed by atoms with Crippen molar-refractivity contribution in [2.45, 2.75) is 38.5 Å². The molecule has 1 heterocycles. The second-order valence-electron chi connectivity index (χ2n) is 4.00. The number of rotatable bonds is 6. The van der Waals surface area contributed by atoms with Crippen molar-refractivity contribution < 1.29 is 14.6 Å². The zero-order chi connectivity index (χ0) is 10.4. The third kappa shape index (κ3) is 4.91. The van der Waals surface area contributed by atoms with Crippen molar-refractivity contribution in [1.82, 2.24) is 5.32 Å². The van der Waals surface area contributed by atoms with Gasteiger partial charge in [0.25, 0.3) is 0 Å². The second kappa shape index (κ2) is 6.35. The highest BCUT2D eigenvalue weighted by molar-refractivity contribution is 4.72. The van der Waals surface area contributed by atoms with E-state index in [9.17, 15) is 5.11 Å². The first-order chi connectivity index (χ1) is 6.68. The van der Waals surface area contributed by atoms with Crippen LogP contribution in [0.3, 0.4) is 0 Å². The highest BCUT2D eigenvalue weighted by Gasteiger charge is 2.16. The molecule has 1 rings (SSSR count). The molecule has 1 saturated heterocycles. The summed E-state index contributed by atoms with van der Waals surface area (Å²) in [5, 5.41) is 12.8. The van der Waals surface area contributed by atoms with E-state index in [2.05, 4.69) is 5.32 Å². The average Bonchev–Trinajstić information content (AvgIpc) is 2.63. The van der Waals surface area contributed by atoms with Crippen LogP contribution >= 0.6 is 0 Å². The monoisotopic (exact) mass is 203 g/mol. The van der Waals surface area contributed by atoms with E-state index in [-0.39, 0.29) is 6.10 Å². The quantitative estimate of drug-likeness (QED) is 0.645. The molecule has 2 atom stereocenters. The molecular weight excluding hydrogens is 182 g/mol. The van der Waals surface area contributed by atoms with E-state index in [1.54, 1.807) is 0 Å². The summed E-state index contributed by atoms with van der Waals surface area (Å²) >= 11 is 0. The van der Waals surface area contributed by atoms with Gasteiger partial charge < -0.3 is 19.9 Å². The molecule has 0 saturated carbocycles. The van der Waals surface area contributed by atoms with Gasteiger partial charge in [-0.2, -0.15) is 0 Å². The van der Waals surface area contributed by atoms with Gasteiger partial charge in [-0.15, -0.1) is 0 Å². The number of aliphatic hydroxyl groups is 1. The van der Waals surface area contributed by atoms with Crippen molar-refractivity contribution in [2.75, 3.05) is 26.4 Å². The second-order valence-corrected chi connectivity index (χ2v) is 4.00. The molecule has 1 fully saturated rings. The first-order valence-corrected chi connectivity index (χ1v) is 5.29. The van der Waals surface area contributed by atoms with Gasteiger partial charge in [0.1, 0.15) is 0 Å². The Kier molecular flexibility index (Phi) is 5.40. The van der Waals surface area contributed by atoms with Crippen molar-refractivity contribution >= 4 is 0 Å². The molecule has 84 valence electrons. The van der Waals surface area contributed by atoms with Gasteiger partial charge in [0.05, 0.1) is 25.4 Å². The van der Waals surface area contributed by atoms with Crippen LogP contribution in [-0.2, 0) is 9.47 Å². The third-order valence-corrected chi connectivity index (χ3v) is 2.19. The van der Waals surface area contributed by atoms with Crippen LogP contribution in [0.1, 0.15) is 20.3 Å². The highest BCUT2D eigenvalue weighted by Crippen LogP contribution is 2.03. The predicted octanol–water partition coefficient (Wildman–Crippen LogP) is 0.151. The maximum absolute atomic E-state index is 9.53. The lowest BCUT2D eigenvalue weighted by Gasteiger charge is -2.16. The molecule has 0 aromatic heterocycles. The Morgan fingerprint density at radius 1 is 1.57 bits per heavy atom. The van der Waals surface area contributed by atoms with E-state index in [0.717, 1.165) is 19.6 Å². The SMILES string of the molecule is CC(C)OCC(O)CNC1CCOC1. The molecule has 0 aromatic carbocycles. The van der Waals surface area contributed by atoms with Crippen molar-refractivity contribution in [3.63, 3.8) is 0 Å². The number of nitrogens with one attached hydrogen (secondary N) is 1. The Morgan fingerprint density at radius 3 is 2.93 bits per heavy atom. The molecular formula is C10H21NO3. The van der Waals surface area contributed by atoms with Gasteiger partial charge in [-0.1, -0.05) is 0 Å². The fourth-order valence-electron chi connectivity index (χ4n) is 1.36. The molecule has 2 N–H and O–H groups in total. The Balaban J connectivity index is 1.99. The summed E-state index contributed by atoms with van der Waals surface area (Å²) < 4.78 is 10.5. The minimum Gasteiger partial charge on any atom is -0.389 e. The summed E-state index contributed by atoms with van der Waals surface area (Å²) in [6, 6.07) is 0.406. The predicted molar refractivity (Wildman–Crippen MR) is 54.3 cm³/mol. The first kappa shape index (κ1) is 11.9. The minimum absolute atomic E-state index is 0.180. The molecule has 4 nitrogen and oxygen atoms in total. The van der Waals surface area contributed by atoms with Crippen LogP contribution in [0.15, 0.2) is 0 Å². The van der Waals surface area contributed by atoms with Crippen molar-refractivity contribution in [1.29, 1.82) is 0 Å². The van der Waals surface area contributed by atoms with Crippen molar-refractivity contribution in [3.05, 3.63) is 0 Å². The normalized spacial score (nSPS) is 24.4. The summed E-state index contributed by atoms with van der Waals surface area (Å²) in [6.07, 6.45) is 0.801. The molecule has 2 unspecified atom stereocenters. The number of hydrogen-bond acceptors (Lipinski definition) is 4. The van der Waals surface area contributed by atoms with Crippen LogP contribution < -0.4 is 5.32 Å². The topological polar surface area (TPSA) is 50.7 Å². The van der Waals surface area contributed by atoms with Crippen molar-refractivity contribution in [2.24, 2.45) is 0 Å². The van der Waals surface area contributed by atoms with Gasteiger partial charge in [0.2, 0.25) is 0 Å². The number of aliphatic hydroxyl groups excluding tert-OH is 1. The van der Waals surface area contributed by atoms with E-state index in [4.69, 9.17) is 9.47 Å². The summed E-state index contributed by atoms with van der Waals surface area (Å²) in [4.78, 5) is 0. The highest BCUT2D eigenvalue weighted by atomic mass is 16.5. The molecule has 0 aliphatic carbocycles. The summed E-state index contributed by atoms with van der Waals surface area (Å²) in [5.41, 5.74) is 0. The lowest BCUT2D eigenvalue weighted by Crippen LogP contribution is -2.38. The van der Waals surface area contributed by atoms with E-state index in [0.29, 0.717) is 19.2 Å². The van der Waals surface area contributed by atoms with Gasteiger partial charge in [-0.3, -0.25) is 0 Å². The summed E-state index contributed by atoms with van der Waals surface area (Å²) in [5.74, 6) is 0. The lowest BCUT2D eigenvalue weighted by molar-refractivity contribution is 0.00534. The fourth-order valence-corrected chi connectivity index (χ4v) is 1.36. The molecule has 0 aromatic rings. The molecule has 1 aliphatic rings. The van der Waals surface area contributed by atoms with Gasteiger partial charge in [0, 0.05) is 19.2 Å². The summed E-state index contributed by atoms with van der Waals surface area (Å²) in [7, 11) is 0. The molecule has 0 radical (unpaired) electrons. The molecule has 4 heteroatoms. The molecule has 1 aliphatic heterocycles. The van der Waals surface area contributed by atoms with Gasteiger partial charge in [-0.05, 0) is 20.3 Å². The number of hydrogen-bond donors (Lipinski definition) is 2. The maximum Gasteiger partial charge on any atom is 0.0897 e. The minimum atomic E-state index is -0.419. The van der Waals surface area contributed by atoms with E-state index < -0.39 is 6.10 Å². The largest absolute Gasteiger partial charge is 0.389 e. The average molecular weight is 203 g/mol. The van der Waals surface area contributed by atoms with Crippen LogP contribution in [0, 0.1) is 0 Å². The van der Waals surface area contributed by atoms with Crippen LogP contribution in [0.2, 0.25) is 0 Å². The standard InChI is InChI=1S/C10H21NO3/c1-8(2)14-7-10(12)5-11-9-3-4-13-6-9/h8-12H,3-7H2,1-2H3. The smallest absolute Gasteiger partial charge is 0.0897 e. The van der Waals surface area contributed by atoms with Crippen molar-refractivity contribution in [3.8, 4) is 0 Å². The summed E-state index contributed by atoms with van der Waals surface area (Å²) in [6.45, 7) is 6.50. The first-order valence-electron chi connectivity index (χ1n) is 5.29. The van der Waals surface area contributed by atoms with Gasteiger partial charge in [0.15, 0.2) is 0 Å². The molecule has 0 bridgehead atoms. The van der Waals surface area contributed by atoms with Gasteiger partial charge in [-0.25, -0.2) is 0 Å². The molecule has 0 amide bonds. The Hall–Kier alpha value is -0.160. The Labute approximate surface area is 85.6 Å². The van der Waals surface area contributed by atoms with Crippen LogP contribution in [0.5, 0.6) is 0 Å². The van der Waals surface area contributed by atoms with Crippen LogP contribution in [-0.4, -0.2) is 49.7 Å². The Morgan fingerprint density at radius 2 is 2.36 bits per heavy atom. The third-order valence-electron chi connectivity index (χ3n) is 2.19.